The first kappa shape index (κ1) is 11.4. The van der Waals surface area contributed by atoms with Crippen LogP contribution in [0.4, 0.5) is 5.69 Å². The van der Waals surface area contributed by atoms with Crippen LogP contribution in [0.5, 0.6) is 5.75 Å². The first-order chi connectivity index (χ1) is 7.25. The van der Waals surface area contributed by atoms with Crippen molar-refractivity contribution in [3.63, 3.8) is 0 Å². The van der Waals surface area contributed by atoms with E-state index in [1.165, 1.54) is 0 Å². The van der Waals surface area contributed by atoms with E-state index in [9.17, 15) is 0 Å². The molecule has 1 aromatic rings. The second-order valence-corrected chi connectivity index (χ2v) is 3.09. The number of hydrogen-bond donors (Lipinski definition) is 1. The summed E-state index contributed by atoms with van der Waals surface area (Å²) in [5.74, 6) is 0.877. The Morgan fingerprint density at radius 2 is 2.07 bits per heavy atom. The van der Waals surface area contributed by atoms with Crippen LogP contribution in [0.3, 0.4) is 0 Å². The molecule has 3 nitrogen and oxygen atoms in total. The standard InChI is InChI=1S/C10H12N2O.C2H6/c1-12-6-2-3-8-7-9(11)4-5-10(8)13-12;1-2/h2,4-7H,3,11H2,1H3;1-2H3. The topological polar surface area (TPSA) is 38.5 Å². The molecule has 82 valence electrons. The summed E-state index contributed by atoms with van der Waals surface area (Å²) in [5, 5.41) is 1.68. The minimum atomic E-state index is 0.778. The number of hydroxylamine groups is 2. The van der Waals surface area contributed by atoms with Crippen LogP contribution >= 0.6 is 0 Å². The van der Waals surface area contributed by atoms with Gasteiger partial charge in [0.2, 0.25) is 0 Å². The highest BCUT2D eigenvalue weighted by atomic mass is 16.7. The van der Waals surface area contributed by atoms with Crippen molar-refractivity contribution in [2.24, 2.45) is 0 Å². The first-order valence-corrected chi connectivity index (χ1v) is 5.21. The molecule has 0 aromatic heterocycles. The summed E-state index contributed by atoms with van der Waals surface area (Å²) >= 11 is 0. The molecule has 0 saturated carbocycles. The van der Waals surface area contributed by atoms with E-state index >= 15 is 0 Å². The molecule has 1 aliphatic heterocycles. The number of hydrogen-bond acceptors (Lipinski definition) is 3. The van der Waals surface area contributed by atoms with Crippen molar-refractivity contribution in [1.82, 2.24) is 5.06 Å². The highest BCUT2D eigenvalue weighted by Crippen LogP contribution is 2.24. The Hall–Kier alpha value is -1.64. The van der Waals surface area contributed by atoms with Crippen LogP contribution in [0.25, 0.3) is 0 Å². The predicted molar refractivity (Wildman–Crippen MR) is 63.4 cm³/mol. The van der Waals surface area contributed by atoms with Gasteiger partial charge >= 0.3 is 0 Å². The normalized spacial score (nSPS) is 13.1. The van der Waals surface area contributed by atoms with Crippen molar-refractivity contribution in [2.75, 3.05) is 12.8 Å². The highest BCUT2D eigenvalue weighted by Gasteiger charge is 2.07. The van der Waals surface area contributed by atoms with Crippen molar-refractivity contribution in [2.45, 2.75) is 20.3 Å². The van der Waals surface area contributed by atoms with Gasteiger partial charge in [0, 0.05) is 24.5 Å². The summed E-state index contributed by atoms with van der Waals surface area (Å²) in [6.45, 7) is 4.00. The lowest BCUT2D eigenvalue weighted by atomic mass is 10.1. The Kier molecular flexibility index (Phi) is 4.03. The van der Waals surface area contributed by atoms with Gasteiger partial charge in [0.05, 0.1) is 0 Å². The second kappa shape index (κ2) is 5.29. The number of fused-ring (bicyclic) bond motifs is 1. The van der Waals surface area contributed by atoms with Crippen LogP contribution in [0, 0.1) is 0 Å². The van der Waals surface area contributed by atoms with Crippen LogP contribution in [-0.2, 0) is 6.42 Å². The van der Waals surface area contributed by atoms with Crippen LogP contribution < -0.4 is 10.6 Å². The van der Waals surface area contributed by atoms with Crippen molar-refractivity contribution >= 4 is 5.69 Å². The Bertz CT molecular complexity index is 347. The third-order valence-corrected chi connectivity index (χ3v) is 1.98. The predicted octanol–water partition coefficient (Wildman–Crippen LogP) is 2.59. The maximum atomic E-state index is 5.67. The van der Waals surface area contributed by atoms with Crippen LogP contribution in [0.15, 0.2) is 30.5 Å². The summed E-state index contributed by atoms with van der Waals surface area (Å²) in [5.41, 5.74) is 7.58. The van der Waals surface area contributed by atoms with E-state index < -0.39 is 0 Å². The number of benzene rings is 1. The van der Waals surface area contributed by atoms with Gasteiger partial charge in [0.15, 0.2) is 5.75 Å². The van der Waals surface area contributed by atoms with E-state index in [0.717, 1.165) is 23.4 Å². The smallest absolute Gasteiger partial charge is 0.158 e. The molecule has 0 bridgehead atoms. The molecule has 0 unspecified atom stereocenters. The molecule has 1 aliphatic rings. The van der Waals surface area contributed by atoms with E-state index in [-0.39, 0.29) is 0 Å². The summed E-state index contributed by atoms with van der Waals surface area (Å²) in [7, 11) is 1.86. The fourth-order valence-corrected chi connectivity index (χ4v) is 1.36. The zero-order valence-electron chi connectivity index (χ0n) is 9.53. The van der Waals surface area contributed by atoms with E-state index in [1.807, 2.05) is 51.4 Å². The molecule has 0 fully saturated rings. The zero-order valence-corrected chi connectivity index (χ0v) is 9.53. The fraction of sp³-hybridized carbons (Fsp3) is 0.333. The number of nitrogen functional groups attached to an aromatic ring is 1. The zero-order chi connectivity index (χ0) is 11.3. The average Bonchev–Trinajstić information content (AvgIpc) is 2.42. The quantitative estimate of drug-likeness (QED) is 0.663. The molecule has 0 radical (unpaired) electrons. The average molecular weight is 206 g/mol. The maximum absolute atomic E-state index is 5.67. The van der Waals surface area contributed by atoms with Gasteiger partial charge in [0.25, 0.3) is 0 Å². The van der Waals surface area contributed by atoms with Gasteiger partial charge in [-0.05, 0) is 24.6 Å². The third-order valence-electron chi connectivity index (χ3n) is 1.98. The highest BCUT2D eigenvalue weighted by molar-refractivity contribution is 5.48. The number of anilines is 1. The molecule has 0 amide bonds. The Labute approximate surface area is 91.1 Å². The Morgan fingerprint density at radius 3 is 2.80 bits per heavy atom. The lowest BCUT2D eigenvalue weighted by Crippen LogP contribution is -2.14. The summed E-state index contributed by atoms with van der Waals surface area (Å²) < 4.78 is 0. The second-order valence-electron chi connectivity index (χ2n) is 3.09. The van der Waals surface area contributed by atoms with E-state index in [2.05, 4.69) is 0 Å². The van der Waals surface area contributed by atoms with E-state index in [4.69, 9.17) is 10.6 Å². The SMILES string of the molecule is CC.CN1C=CCc2cc(N)ccc2O1. The lowest BCUT2D eigenvalue weighted by Gasteiger charge is -2.14. The molecule has 0 spiro atoms. The lowest BCUT2D eigenvalue weighted by molar-refractivity contribution is 0.0222. The van der Waals surface area contributed by atoms with Crippen molar-refractivity contribution in [3.8, 4) is 5.75 Å². The molecular formula is C12H18N2O. The monoisotopic (exact) mass is 206 g/mol. The molecule has 0 saturated heterocycles. The van der Waals surface area contributed by atoms with Gasteiger partial charge in [-0.1, -0.05) is 19.9 Å². The minimum absolute atomic E-state index is 0.778. The van der Waals surface area contributed by atoms with Gasteiger partial charge in [-0.3, -0.25) is 0 Å². The van der Waals surface area contributed by atoms with Crippen molar-refractivity contribution in [3.05, 3.63) is 36.0 Å². The molecule has 2 N–H and O–H groups in total. The summed E-state index contributed by atoms with van der Waals surface area (Å²) in [6, 6.07) is 5.69. The van der Waals surface area contributed by atoms with Crippen molar-refractivity contribution < 1.29 is 4.84 Å². The van der Waals surface area contributed by atoms with E-state index in [1.54, 1.807) is 5.06 Å². The molecule has 15 heavy (non-hydrogen) atoms. The minimum Gasteiger partial charge on any atom is -0.399 e. The first-order valence-electron chi connectivity index (χ1n) is 5.21. The largest absolute Gasteiger partial charge is 0.399 e. The maximum Gasteiger partial charge on any atom is 0.158 e. The van der Waals surface area contributed by atoms with Gasteiger partial charge in [-0.15, -0.1) is 0 Å². The third kappa shape index (κ3) is 2.91. The van der Waals surface area contributed by atoms with Gasteiger partial charge < -0.3 is 10.6 Å². The summed E-state index contributed by atoms with van der Waals surface area (Å²) in [4.78, 5) is 5.50. The Morgan fingerprint density at radius 1 is 1.33 bits per heavy atom. The van der Waals surface area contributed by atoms with Crippen LogP contribution in [-0.4, -0.2) is 12.1 Å². The van der Waals surface area contributed by atoms with Gasteiger partial charge in [-0.2, -0.15) is 0 Å². The van der Waals surface area contributed by atoms with Crippen LogP contribution in [0.1, 0.15) is 19.4 Å². The Balaban J connectivity index is 0.000000531. The molecule has 1 aromatic carbocycles. The number of nitrogens with zero attached hydrogens (tertiary/aromatic N) is 1. The van der Waals surface area contributed by atoms with Gasteiger partial charge in [0.1, 0.15) is 0 Å². The molecule has 1 heterocycles. The van der Waals surface area contributed by atoms with Crippen molar-refractivity contribution in [1.29, 1.82) is 0 Å². The fourth-order valence-electron chi connectivity index (χ4n) is 1.36. The molecule has 0 aliphatic carbocycles. The number of allylic oxidation sites excluding steroid dienone is 1. The molecular weight excluding hydrogens is 188 g/mol. The molecule has 0 atom stereocenters. The number of nitrogens with two attached hydrogens (primary N) is 1. The summed E-state index contributed by atoms with van der Waals surface area (Å²) in [6.07, 6.45) is 4.81. The van der Waals surface area contributed by atoms with Crippen LogP contribution in [0.2, 0.25) is 0 Å². The van der Waals surface area contributed by atoms with Gasteiger partial charge in [-0.25, -0.2) is 5.06 Å². The number of rotatable bonds is 0. The molecule has 3 heteroatoms. The van der Waals surface area contributed by atoms with E-state index in [0.29, 0.717) is 0 Å². The molecule has 2 rings (SSSR count).